The van der Waals surface area contributed by atoms with Crippen LogP contribution in [0.25, 0.3) is 0 Å². The first kappa shape index (κ1) is 15.0. The number of ketones is 1. The molecule has 17 heavy (non-hydrogen) atoms. The second kappa shape index (κ2) is 8.15. The number of aromatic hydroxyl groups is 2. The van der Waals surface area contributed by atoms with Crippen molar-refractivity contribution >= 4 is 11.8 Å². The number of hydrogen-bond acceptors (Lipinski definition) is 4. The van der Waals surface area contributed by atoms with Crippen molar-refractivity contribution in [2.75, 3.05) is 0 Å². The number of benzene rings is 1. The van der Waals surface area contributed by atoms with E-state index in [2.05, 4.69) is 0 Å². The first-order chi connectivity index (χ1) is 7.97. The van der Waals surface area contributed by atoms with Crippen LogP contribution in [0.5, 0.6) is 11.5 Å². The summed E-state index contributed by atoms with van der Waals surface area (Å²) in [4.78, 5) is 20.3. The summed E-state index contributed by atoms with van der Waals surface area (Å²) in [5.74, 6) is -1.38. The SMILES string of the molecule is CCCC(=O)CC(=O)O.Oc1ccccc1O. The molecule has 1 aromatic rings. The summed E-state index contributed by atoms with van der Waals surface area (Å²) in [6.07, 6.45) is 0.784. The zero-order chi connectivity index (χ0) is 13.3. The number of carbonyl (C=O) groups is 2. The minimum Gasteiger partial charge on any atom is -0.504 e. The first-order valence-corrected chi connectivity index (χ1v) is 5.17. The largest absolute Gasteiger partial charge is 0.504 e. The van der Waals surface area contributed by atoms with Crippen molar-refractivity contribution in [2.24, 2.45) is 0 Å². The molecule has 0 aliphatic carbocycles. The molecule has 0 atom stereocenters. The van der Waals surface area contributed by atoms with Crippen LogP contribution in [0.15, 0.2) is 24.3 Å². The second-order valence-electron chi connectivity index (χ2n) is 3.35. The van der Waals surface area contributed by atoms with Crippen molar-refractivity contribution < 1.29 is 24.9 Å². The normalized spacial score (nSPS) is 9.00. The highest BCUT2D eigenvalue weighted by atomic mass is 16.4. The smallest absolute Gasteiger partial charge is 0.310 e. The molecule has 0 radical (unpaired) electrons. The number of rotatable bonds is 4. The van der Waals surface area contributed by atoms with Gasteiger partial charge in [-0.2, -0.15) is 0 Å². The Bertz CT molecular complexity index is 352. The van der Waals surface area contributed by atoms with E-state index >= 15 is 0 Å². The lowest BCUT2D eigenvalue weighted by molar-refractivity contribution is -0.140. The van der Waals surface area contributed by atoms with Gasteiger partial charge in [-0.3, -0.25) is 9.59 Å². The highest BCUT2D eigenvalue weighted by molar-refractivity contribution is 5.94. The van der Waals surface area contributed by atoms with Gasteiger partial charge in [0, 0.05) is 6.42 Å². The number of phenolic OH excluding ortho intramolecular Hbond substituents is 2. The molecule has 3 N–H and O–H groups in total. The Morgan fingerprint density at radius 2 is 1.59 bits per heavy atom. The molecule has 0 saturated carbocycles. The van der Waals surface area contributed by atoms with Gasteiger partial charge in [-0.15, -0.1) is 0 Å². The van der Waals surface area contributed by atoms with Crippen molar-refractivity contribution in [3.05, 3.63) is 24.3 Å². The predicted molar refractivity (Wildman–Crippen MR) is 61.9 cm³/mol. The van der Waals surface area contributed by atoms with Crippen LogP contribution in [0.1, 0.15) is 26.2 Å². The van der Waals surface area contributed by atoms with E-state index in [-0.39, 0.29) is 23.7 Å². The predicted octanol–water partition coefficient (Wildman–Crippen LogP) is 1.93. The van der Waals surface area contributed by atoms with Gasteiger partial charge in [0.25, 0.3) is 0 Å². The molecule has 1 rings (SSSR count). The summed E-state index contributed by atoms with van der Waals surface area (Å²) in [6.45, 7) is 1.85. The Morgan fingerprint density at radius 1 is 1.12 bits per heavy atom. The fourth-order valence-corrected chi connectivity index (χ4v) is 1.00. The molecule has 94 valence electrons. The van der Waals surface area contributed by atoms with Crippen LogP contribution in [0.4, 0.5) is 0 Å². The highest BCUT2D eigenvalue weighted by Crippen LogP contribution is 2.21. The highest BCUT2D eigenvalue weighted by Gasteiger charge is 2.04. The number of aliphatic carboxylic acids is 1. The Labute approximate surface area is 99.3 Å². The van der Waals surface area contributed by atoms with E-state index < -0.39 is 5.97 Å². The molecule has 0 saturated heterocycles. The maximum atomic E-state index is 10.5. The van der Waals surface area contributed by atoms with E-state index in [1.807, 2.05) is 6.92 Å². The van der Waals surface area contributed by atoms with Crippen LogP contribution >= 0.6 is 0 Å². The molecule has 0 fully saturated rings. The van der Waals surface area contributed by atoms with Crippen molar-refractivity contribution in [3.8, 4) is 11.5 Å². The molecule has 0 heterocycles. The molecule has 5 nitrogen and oxygen atoms in total. The van der Waals surface area contributed by atoms with E-state index in [4.69, 9.17) is 15.3 Å². The third-order valence-corrected chi connectivity index (χ3v) is 1.76. The molecule has 0 aliphatic rings. The maximum absolute atomic E-state index is 10.5. The molecule has 0 amide bonds. The topological polar surface area (TPSA) is 94.8 Å². The number of hydrogen-bond donors (Lipinski definition) is 3. The average Bonchev–Trinajstić information content (AvgIpc) is 2.22. The van der Waals surface area contributed by atoms with E-state index in [1.54, 1.807) is 12.1 Å². The Kier molecular flexibility index (Phi) is 7.17. The van der Waals surface area contributed by atoms with Gasteiger partial charge in [0.2, 0.25) is 0 Å². The molecule has 0 unspecified atom stereocenters. The van der Waals surface area contributed by atoms with E-state index in [0.717, 1.165) is 6.42 Å². The summed E-state index contributed by atoms with van der Waals surface area (Å²) in [6, 6.07) is 6.15. The van der Waals surface area contributed by atoms with Crippen LogP contribution in [0.2, 0.25) is 0 Å². The molecule has 1 aromatic carbocycles. The minimum absolute atomic E-state index is 0.0764. The summed E-state index contributed by atoms with van der Waals surface area (Å²) >= 11 is 0. The summed E-state index contributed by atoms with van der Waals surface area (Å²) in [5, 5.41) is 25.4. The number of carboxylic acids is 1. The molecule has 0 bridgehead atoms. The lowest BCUT2D eigenvalue weighted by Crippen LogP contribution is -2.05. The van der Waals surface area contributed by atoms with Crippen LogP contribution in [0, 0.1) is 0 Å². The summed E-state index contributed by atoms with van der Waals surface area (Å²) in [7, 11) is 0. The van der Waals surface area contributed by atoms with Crippen molar-refractivity contribution in [1.82, 2.24) is 0 Å². The van der Waals surface area contributed by atoms with Gasteiger partial charge in [-0.25, -0.2) is 0 Å². The second-order valence-corrected chi connectivity index (χ2v) is 3.35. The standard InChI is InChI=1S/C6H10O3.C6H6O2/c1-2-3-5(7)4-6(8)9;7-5-3-1-2-4-6(5)8/h2-4H2,1H3,(H,8,9);1-4,7-8H. The summed E-state index contributed by atoms with van der Waals surface area (Å²) in [5.41, 5.74) is 0. The zero-order valence-corrected chi connectivity index (χ0v) is 9.59. The van der Waals surface area contributed by atoms with Gasteiger partial charge in [0.1, 0.15) is 12.2 Å². The van der Waals surface area contributed by atoms with Gasteiger partial charge < -0.3 is 15.3 Å². The molecule has 0 aromatic heterocycles. The van der Waals surface area contributed by atoms with Crippen molar-refractivity contribution in [3.63, 3.8) is 0 Å². The number of phenols is 2. The Hall–Kier alpha value is -2.04. The van der Waals surface area contributed by atoms with Gasteiger partial charge in [0.15, 0.2) is 11.5 Å². The van der Waals surface area contributed by atoms with E-state index in [9.17, 15) is 9.59 Å². The maximum Gasteiger partial charge on any atom is 0.310 e. The minimum atomic E-state index is -1.03. The summed E-state index contributed by atoms with van der Waals surface area (Å²) < 4.78 is 0. The van der Waals surface area contributed by atoms with Crippen molar-refractivity contribution in [2.45, 2.75) is 26.2 Å². The van der Waals surface area contributed by atoms with Gasteiger partial charge in [0.05, 0.1) is 0 Å². The van der Waals surface area contributed by atoms with Gasteiger partial charge >= 0.3 is 5.97 Å². The quantitative estimate of drug-likeness (QED) is 0.552. The fourth-order valence-electron chi connectivity index (χ4n) is 1.00. The monoisotopic (exact) mass is 240 g/mol. The van der Waals surface area contributed by atoms with Gasteiger partial charge in [-0.1, -0.05) is 19.1 Å². The number of carboxylic acid groups (broad SMARTS) is 1. The first-order valence-electron chi connectivity index (χ1n) is 5.17. The zero-order valence-electron chi connectivity index (χ0n) is 9.59. The lowest BCUT2D eigenvalue weighted by Gasteiger charge is -1.91. The lowest BCUT2D eigenvalue weighted by atomic mass is 10.2. The fraction of sp³-hybridized carbons (Fsp3) is 0.333. The van der Waals surface area contributed by atoms with E-state index in [1.165, 1.54) is 12.1 Å². The number of carbonyl (C=O) groups excluding carboxylic acids is 1. The van der Waals surface area contributed by atoms with Crippen LogP contribution < -0.4 is 0 Å². The molecular weight excluding hydrogens is 224 g/mol. The van der Waals surface area contributed by atoms with Crippen LogP contribution in [-0.2, 0) is 9.59 Å². The van der Waals surface area contributed by atoms with Crippen LogP contribution in [-0.4, -0.2) is 27.1 Å². The number of Topliss-reactive ketones (excluding diaryl/α,β-unsaturated/α-hetero) is 1. The third kappa shape index (κ3) is 7.84. The molecule has 0 aliphatic heterocycles. The molecule has 0 spiro atoms. The Morgan fingerprint density at radius 3 is 1.88 bits per heavy atom. The average molecular weight is 240 g/mol. The number of para-hydroxylation sites is 2. The molecular formula is C12H16O5. The van der Waals surface area contributed by atoms with Gasteiger partial charge in [-0.05, 0) is 18.6 Å². The van der Waals surface area contributed by atoms with Crippen LogP contribution in [0.3, 0.4) is 0 Å². The third-order valence-electron chi connectivity index (χ3n) is 1.76. The molecule has 5 heteroatoms. The van der Waals surface area contributed by atoms with E-state index in [0.29, 0.717) is 6.42 Å². The Balaban J connectivity index is 0.000000302. The van der Waals surface area contributed by atoms with Crippen molar-refractivity contribution in [1.29, 1.82) is 0 Å².